The monoisotopic (exact) mass is 456 g/mol. The lowest BCUT2D eigenvalue weighted by atomic mass is 10.1. The molecule has 2 aromatic carbocycles. The van der Waals surface area contributed by atoms with Gasteiger partial charge in [-0.1, -0.05) is 24.6 Å². The van der Waals surface area contributed by atoms with Crippen LogP contribution >= 0.6 is 11.6 Å². The summed E-state index contributed by atoms with van der Waals surface area (Å²) < 4.78 is 94.4. The average molecular weight is 457 g/mol. The minimum Gasteiger partial charge on any atom is -0.488 e. The number of hydrogen-bond acceptors (Lipinski definition) is 4. The predicted octanol–water partition coefficient (Wildman–Crippen LogP) is 6.66. The molecule has 0 spiro atoms. The van der Waals surface area contributed by atoms with Crippen molar-refractivity contribution in [3.05, 3.63) is 57.6 Å². The molecule has 2 aromatic rings. The highest BCUT2D eigenvalue weighted by Gasteiger charge is 2.37. The van der Waals surface area contributed by atoms with Gasteiger partial charge in [0.15, 0.2) is 0 Å². The van der Waals surface area contributed by atoms with E-state index in [1.807, 2.05) is 0 Å². The van der Waals surface area contributed by atoms with Crippen LogP contribution in [0, 0.1) is 0 Å². The van der Waals surface area contributed by atoms with Gasteiger partial charge in [-0.2, -0.15) is 26.3 Å². The Labute approximate surface area is 172 Å². The van der Waals surface area contributed by atoms with Crippen LogP contribution in [0.3, 0.4) is 0 Å². The molecule has 0 aromatic heterocycles. The fourth-order valence-corrected chi connectivity index (χ4v) is 2.86. The molecule has 4 nitrogen and oxygen atoms in total. The maximum Gasteiger partial charge on any atom is 0.513 e. The van der Waals surface area contributed by atoms with Crippen molar-refractivity contribution in [3.63, 3.8) is 0 Å². The largest absolute Gasteiger partial charge is 0.513 e. The third-order valence-electron chi connectivity index (χ3n) is 4.01. The fraction of sp³-hybridized carbons (Fsp3) is 0.316. The van der Waals surface area contributed by atoms with Gasteiger partial charge < -0.3 is 14.2 Å². The van der Waals surface area contributed by atoms with E-state index < -0.39 is 53.3 Å². The molecule has 0 radical (unpaired) electrons. The van der Waals surface area contributed by atoms with Crippen LogP contribution in [0.4, 0.5) is 31.1 Å². The minimum absolute atomic E-state index is 0.0318. The van der Waals surface area contributed by atoms with Crippen LogP contribution in [0.15, 0.2) is 30.3 Å². The van der Waals surface area contributed by atoms with Crippen molar-refractivity contribution in [2.75, 3.05) is 7.11 Å². The zero-order valence-corrected chi connectivity index (χ0v) is 16.3. The SMILES string of the molecule is CCc1cc(C(F)(F)F)c(OCc2c(OC(=O)OC)cccc2C(F)(F)F)cc1Cl. The quantitative estimate of drug-likeness (QED) is 0.286. The lowest BCUT2D eigenvalue weighted by Gasteiger charge is -2.19. The van der Waals surface area contributed by atoms with Gasteiger partial charge in [0.25, 0.3) is 0 Å². The molecule has 0 aliphatic rings. The summed E-state index contributed by atoms with van der Waals surface area (Å²) in [5, 5.41) is -0.0318. The van der Waals surface area contributed by atoms with Crippen LogP contribution in [-0.4, -0.2) is 13.3 Å². The molecule has 0 heterocycles. The van der Waals surface area contributed by atoms with Gasteiger partial charge in [0.05, 0.1) is 18.2 Å². The van der Waals surface area contributed by atoms with Crippen molar-refractivity contribution in [1.82, 2.24) is 0 Å². The van der Waals surface area contributed by atoms with E-state index in [0.29, 0.717) is 6.07 Å². The summed E-state index contributed by atoms with van der Waals surface area (Å²) in [5.74, 6) is -1.33. The molecular weight excluding hydrogens is 442 g/mol. The summed E-state index contributed by atoms with van der Waals surface area (Å²) in [6.07, 6.45) is -10.8. The number of carbonyl (C=O) groups is 1. The molecule has 0 unspecified atom stereocenters. The van der Waals surface area contributed by atoms with Crippen LogP contribution in [0.1, 0.15) is 29.2 Å². The summed E-state index contributed by atoms with van der Waals surface area (Å²) >= 11 is 5.94. The Balaban J connectivity index is 2.51. The zero-order valence-electron chi connectivity index (χ0n) is 15.6. The predicted molar refractivity (Wildman–Crippen MR) is 94.6 cm³/mol. The zero-order chi connectivity index (χ0) is 22.7. The Kier molecular flexibility index (Phi) is 7.12. The Morgan fingerprint density at radius 1 is 1.00 bits per heavy atom. The van der Waals surface area contributed by atoms with Gasteiger partial charge in [-0.3, -0.25) is 0 Å². The van der Waals surface area contributed by atoms with Crippen molar-refractivity contribution in [1.29, 1.82) is 0 Å². The van der Waals surface area contributed by atoms with E-state index in [0.717, 1.165) is 31.4 Å². The van der Waals surface area contributed by atoms with Gasteiger partial charge in [0.1, 0.15) is 18.1 Å². The molecule has 0 fully saturated rings. The lowest BCUT2D eigenvalue weighted by molar-refractivity contribution is -0.140. The van der Waals surface area contributed by atoms with Gasteiger partial charge >= 0.3 is 18.5 Å². The van der Waals surface area contributed by atoms with Crippen molar-refractivity contribution in [2.24, 2.45) is 0 Å². The maximum atomic E-state index is 13.4. The summed E-state index contributed by atoms with van der Waals surface area (Å²) in [4.78, 5) is 11.3. The third kappa shape index (κ3) is 5.50. The normalized spacial score (nSPS) is 11.9. The first kappa shape index (κ1) is 23.7. The van der Waals surface area contributed by atoms with E-state index in [4.69, 9.17) is 16.3 Å². The van der Waals surface area contributed by atoms with Gasteiger partial charge in [0, 0.05) is 10.6 Å². The Morgan fingerprint density at radius 3 is 2.17 bits per heavy atom. The molecule has 0 saturated carbocycles. The molecule has 11 heteroatoms. The molecule has 0 N–H and O–H groups in total. The van der Waals surface area contributed by atoms with Gasteiger partial charge in [-0.05, 0) is 36.2 Å². The van der Waals surface area contributed by atoms with E-state index in [1.165, 1.54) is 0 Å². The summed E-state index contributed by atoms with van der Waals surface area (Å²) in [7, 11) is 0.943. The van der Waals surface area contributed by atoms with E-state index in [-0.39, 0.29) is 17.0 Å². The number of carbonyl (C=O) groups excluding carboxylic acids is 1. The molecule has 0 atom stereocenters. The van der Waals surface area contributed by atoms with Crippen molar-refractivity contribution < 1.29 is 45.3 Å². The van der Waals surface area contributed by atoms with E-state index >= 15 is 0 Å². The molecule has 0 saturated heterocycles. The van der Waals surface area contributed by atoms with Gasteiger partial charge in [0.2, 0.25) is 0 Å². The first-order chi connectivity index (χ1) is 13.9. The van der Waals surface area contributed by atoms with Crippen LogP contribution < -0.4 is 9.47 Å². The fourth-order valence-electron chi connectivity index (χ4n) is 2.57. The molecule has 0 bridgehead atoms. The topological polar surface area (TPSA) is 44.8 Å². The van der Waals surface area contributed by atoms with Crippen LogP contribution in [0.2, 0.25) is 5.02 Å². The molecule has 2 rings (SSSR count). The Morgan fingerprint density at radius 2 is 1.63 bits per heavy atom. The third-order valence-corrected chi connectivity index (χ3v) is 4.36. The van der Waals surface area contributed by atoms with Crippen molar-refractivity contribution in [3.8, 4) is 11.5 Å². The summed E-state index contributed by atoms with van der Waals surface area (Å²) in [5.41, 5.74) is -2.92. The number of methoxy groups -OCH3 is 1. The number of ether oxygens (including phenoxy) is 3. The van der Waals surface area contributed by atoms with Crippen molar-refractivity contribution in [2.45, 2.75) is 32.3 Å². The standard InChI is InChI=1S/C19H15ClF6O4/c1-3-10-7-13(19(24,25)26)16(8-14(10)20)29-9-11-12(18(21,22)23)5-4-6-15(11)30-17(27)28-2/h4-8H,3,9H2,1-2H3. The Bertz CT molecular complexity index is 924. The molecule has 0 aliphatic carbocycles. The molecule has 0 amide bonds. The van der Waals surface area contributed by atoms with E-state index in [9.17, 15) is 31.1 Å². The molecule has 0 aliphatic heterocycles. The Hall–Kier alpha value is -2.62. The van der Waals surface area contributed by atoms with Crippen LogP contribution in [0.25, 0.3) is 0 Å². The minimum atomic E-state index is -4.88. The van der Waals surface area contributed by atoms with E-state index in [2.05, 4.69) is 9.47 Å². The van der Waals surface area contributed by atoms with Crippen LogP contribution in [0.5, 0.6) is 11.5 Å². The summed E-state index contributed by atoms with van der Waals surface area (Å²) in [6.45, 7) is 0.616. The first-order valence-electron chi connectivity index (χ1n) is 8.35. The molecule has 164 valence electrons. The van der Waals surface area contributed by atoms with Crippen LogP contribution in [-0.2, 0) is 30.1 Å². The highest BCUT2D eigenvalue weighted by atomic mass is 35.5. The average Bonchev–Trinajstić information content (AvgIpc) is 2.64. The number of alkyl halides is 6. The highest BCUT2D eigenvalue weighted by molar-refractivity contribution is 6.31. The summed E-state index contributed by atoms with van der Waals surface area (Å²) in [6, 6.07) is 4.35. The second-order valence-corrected chi connectivity index (χ2v) is 6.32. The highest BCUT2D eigenvalue weighted by Crippen LogP contribution is 2.41. The number of benzene rings is 2. The van der Waals surface area contributed by atoms with E-state index in [1.54, 1.807) is 6.92 Å². The first-order valence-corrected chi connectivity index (χ1v) is 8.73. The van der Waals surface area contributed by atoms with Crippen molar-refractivity contribution >= 4 is 17.8 Å². The van der Waals surface area contributed by atoms with Gasteiger partial charge in [-0.25, -0.2) is 4.79 Å². The second kappa shape index (κ2) is 9.03. The number of aryl methyl sites for hydroxylation is 1. The molecular formula is C19H15ClF6O4. The lowest BCUT2D eigenvalue weighted by Crippen LogP contribution is -2.16. The maximum absolute atomic E-state index is 13.4. The number of rotatable bonds is 5. The molecule has 30 heavy (non-hydrogen) atoms. The smallest absolute Gasteiger partial charge is 0.488 e. The second-order valence-electron chi connectivity index (χ2n) is 5.92. The van der Waals surface area contributed by atoms with Gasteiger partial charge in [-0.15, -0.1) is 0 Å². The number of hydrogen-bond donors (Lipinski definition) is 0. The number of halogens is 7.